The number of rotatable bonds is 6. The second kappa shape index (κ2) is 6.44. The van der Waals surface area contributed by atoms with Gasteiger partial charge in [0.05, 0.1) is 6.42 Å². The van der Waals surface area contributed by atoms with Gasteiger partial charge in [-0.2, -0.15) is 0 Å². The molecule has 0 heterocycles. The largest absolute Gasteiger partial charge is 0.600 e. The molecule has 7 heteroatoms. The van der Waals surface area contributed by atoms with Crippen LogP contribution in [0.4, 0.5) is 0 Å². The molecule has 0 bridgehead atoms. The van der Waals surface area contributed by atoms with E-state index in [9.17, 15) is 13.9 Å². The fraction of sp³-hybridized carbons (Fsp3) is 0.222. The molecule has 0 fully saturated rings. The lowest BCUT2D eigenvalue weighted by Gasteiger charge is -1.82. The van der Waals surface area contributed by atoms with Crippen LogP contribution in [-0.2, 0) is 18.2 Å². The summed E-state index contributed by atoms with van der Waals surface area (Å²) in [6, 6.07) is 8.34. The third-order valence-corrected chi connectivity index (χ3v) is 4.27. The third-order valence-electron chi connectivity index (χ3n) is 1.64. The van der Waals surface area contributed by atoms with Gasteiger partial charge in [-0.3, -0.25) is 4.79 Å². The lowest BCUT2D eigenvalue weighted by molar-refractivity contribution is -0.136. The van der Waals surface area contributed by atoms with E-state index in [0.29, 0.717) is 5.30 Å². The molecule has 5 nitrogen and oxygen atoms in total. The summed E-state index contributed by atoms with van der Waals surface area (Å²) in [5.41, 5.74) is 0. The van der Waals surface area contributed by atoms with Gasteiger partial charge in [-0.05, 0) is 21.3 Å². The molecule has 1 rings (SSSR count). The predicted molar refractivity (Wildman–Crippen MR) is 59.5 cm³/mol. The Bertz CT molecular complexity index is 404. The first-order valence-electron chi connectivity index (χ1n) is 4.46. The number of hydrogen-bond acceptors (Lipinski definition) is 4. The summed E-state index contributed by atoms with van der Waals surface area (Å²) in [5, 5.41) is 8.80. The lowest BCUT2D eigenvalue weighted by atomic mass is 10.4. The van der Waals surface area contributed by atoms with E-state index in [4.69, 9.17) is 9.42 Å². The van der Waals surface area contributed by atoms with Gasteiger partial charge in [0, 0.05) is 0 Å². The van der Waals surface area contributed by atoms with E-state index in [-0.39, 0.29) is 12.6 Å². The standard InChI is InChI=1S/C9H9O5P2/c10-9(11)6-7-15(12)14-16(13)8-4-2-1-3-5-8/h1-5H,6-7H2/q+1/p+1. The highest BCUT2D eigenvalue weighted by Crippen LogP contribution is 2.37. The average molecular weight is 260 g/mol. The Labute approximate surface area is 94.2 Å². The van der Waals surface area contributed by atoms with Gasteiger partial charge in [-0.25, -0.2) is 0 Å². The summed E-state index contributed by atoms with van der Waals surface area (Å²) >= 11 is 0. The molecule has 0 aliphatic carbocycles. The van der Waals surface area contributed by atoms with Gasteiger partial charge < -0.3 is 5.11 Å². The monoisotopic (exact) mass is 260 g/mol. The van der Waals surface area contributed by atoms with Crippen LogP contribution in [0.25, 0.3) is 0 Å². The molecule has 16 heavy (non-hydrogen) atoms. The summed E-state index contributed by atoms with van der Waals surface area (Å²) in [7, 11) is -4.36. The van der Waals surface area contributed by atoms with Gasteiger partial charge in [0.15, 0.2) is 6.16 Å². The molecule has 1 N–H and O–H groups in total. The Kier molecular flexibility index (Phi) is 5.20. The highest BCUT2D eigenvalue weighted by molar-refractivity contribution is 7.58. The van der Waals surface area contributed by atoms with Crippen LogP contribution in [0.15, 0.2) is 30.3 Å². The molecule has 0 saturated heterocycles. The van der Waals surface area contributed by atoms with Crippen molar-refractivity contribution in [2.45, 2.75) is 6.42 Å². The highest BCUT2D eigenvalue weighted by atomic mass is 31.2. The molecule has 1 aromatic rings. The Morgan fingerprint density at radius 1 is 1.25 bits per heavy atom. The molecule has 84 valence electrons. The molecule has 0 aliphatic heterocycles. The first-order valence-corrected chi connectivity index (χ1v) is 7.00. The van der Waals surface area contributed by atoms with E-state index in [1.165, 1.54) is 0 Å². The van der Waals surface area contributed by atoms with E-state index >= 15 is 0 Å². The Morgan fingerprint density at radius 2 is 1.88 bits per heavy atom. The molecular weight excluding hydrogens is 250 g/mol. The first-order chi connectivity index (χ1) is 7.59. The minimum Gasteiger partial charge on any atom is -0.481 e. The zero-order valence-corrected chi connectivity index (χ0v) is 10.1. The summed E-state index contributed by atoms with van der Waals surface area (Å²) in [6.45, 7) is 0. The average Bonchev–Trinajstić information content (AvgIpc) is 2.27. The summed E-state index contributed by atoms with van der Waals surface area (Å²) in [5.74, 6) is -1.05. The smallest absolute Gasteiger partial charge is 0.481 e. The van der Waals surface area contributed by atoms with Crippen LogP contribution in [0.1, 0.15) is 6.42 Å². The number of carboxylic acid groups (broad SMARTS) is 1. The van der Waals surface area contributed by atoms with Gasteiger partial charge in [-0.15, -0.1) is 0 Å². The van der Waals surface area contributed by atoms with Crippen LogP contribution in [0, 0.1) is 0 Å². The summed E-state index contributed by atoms with van der Waals surface area (Å²) in [4.78, 5) is 10.2. The quantitative estimate of drug-likeness (QED) is 0.793. The number of hydrogen-bond donors (Lipinski definition) is 1. The van der Waals surface area contributed by atoms with Crippen LogP contribution in [0.3, 0.4) is 0 Å². The van der Waals surface area contributed by atoms with E-state index < -0.39 is 22.0 Å². The molecule has 0 saturated carbocycles. The van der Waals surface area contributed by atoms with Crippen LogP contribution < -0.4 is 5.30 Å². The zero-order valence-electron chi connectivity index (χ0n) is 8.28. The van der Waals surface area contributed by atoms with Crippen molar-refractivity contribution < 1.29 is 23.3 Å². The normalized spacial score (nSPS) is 12.0. The fourth-order valence-corrected chi connectivity index (χ4v) is 3.06. The third kappa shape index (κ3) is 4.58. The van der Waals surface area contributed by atoms with Crippen molar-refractivity contribution in [3.8, 4) is 0 Å². The van der Waals surface area contributed by atoms with E-state index in [0.717, 1.165) is 0 Å². The maximum absolute atomic E-state index is 11.5. The maximum Gasteiger partial charge on any atom is 0.600 e. The Morgan fingerprint density at radius 3 is 2.44 bits per heavy atom. The van der Waals surface area contributed by atoms with Gasteiger partial charge in [0.1, 0.15) is 4.31 Å². The Balaban J connectivity index is 2.46. The van der Waals surface area contributed by atoms with Gasteiger partial charge >= 0.3 is 22.0 Å². The maximum atomic E-state index is 11.5. The molecule has 0 amide bonds. The van der Waals surface area contributed by atoms with Crippen molar-refractivity contribution in [1.29, 1.82) is 0 Å². The molecule has 0 radical (unpaired) electrons. The van der Waals surface area contributed by atoms with Crippen molar-refractivity contribution in [3.05, 3.63) is 30.3 Å². The number of carboxylic acids is 1. The molecule has 0 aromatic heterocycles. The summed E-state index contributed by atoms with van der Waals surface area (Å²) < 4.78 is 27.4. The number of carbonyl (C=O) groups is 1. The van der Waals surface area contributed by atoms with Crippen LogP contribution in [-0.4, -0.2) is 17.2 Å². The van der Waals surface area contributed by atoms with Crippen molar-refractivity contribution in [3.63, 3.8) is 0 Å². The van der Waals surface area contributed by atoms with Gasteiger partial charge in [0.2, 0.25) is 5.30 Å². The van der Waals surface area contributed by atoms with Gasteiger partial charge in [-0.1, -0.05) is 18.2 Å². The van der Waals surface area contributed by atoms with Crippen molar-refractivity contribution in [1.82, 2.24) is 0 Å². The van der Waals surface area contributed by atoms with Crippen molar-refractivity contribution in [2.75, 3.05) is 6.16 Å². The molecule has 2 unspecified atom stereocenters. The van der Waals surface area contributed by atoms with Crippen LogP contribution in [0.2, 0.25) is 0 Å². The Hall–Kier alpha value is -1.15. The lowest BCUT2D eigenvalue weighted by Crippen LogP contribution is -1.97. The highest BCUT2D eigenvalue weighted by Gasteiger charge is 2.36. The second-order valence-electron chi connectivity index (χ2n) is 2.87. The first kappa shape index (κ1) is 12.9. The topological polar surface area (TPSA) is 80.7 Å². The molecule has 1 aromatic carbocycles. The minimum absolute atomic E-state index is 0.126. The van der Waals surface area contributed by atoms with Gasteiger partial charge in [0.25, 0.3) is 0 Å². The SMILES string of the molecule is O=C(O)CC[P+](=O)O[P+](=O)c1ccccc1. The molecule has 0 spiro atoms. The van der Waals surface area contributed by atoms with Crippen LogP contribution in [0.5, 0.6) is 0 Å². The molecular formula is C9H10O5P2+2. The summed E-state index contributed by atoms with van der Waals surface area (Å²) in [6.07, 6.45) is -0.383. The fourth-order valence-electron chi connectivity index (χ4n) is 0.907. The number of benzene rings is 1. The molecule has 2 atom stereocenters. The predicted octanol–water partition coefficient (Wildman–Crippen LogP) is 2.29. The van der Waals surface area contributed by atoms with E-state index in [2.05, 4.69) is 0 Å². The van der Waals surface area contributed by atoms with E-state index in [1.54, 1.807) is 30.3 Å². The minimum atomic E-state index is -2.19. The molecule has 0 aliphatic rings. The number of aliphatic carboxylic acids is 1. The zero-order chi connectivity index (χ0) is 12.0. The van der Waals surface area contributed by atoms with Crippen molar-refractivity contribution in [2.24, 2.45) is 0 Å². The second-order valence-corrected chi connectivity index (χ2v) is 5.67. The van der Waals surface area contributed by atoms with Crippen molar-refractivity contribution >= 4 is 27.3 Å². The van der Waals surface area contributed by atoms with Crippen LogP contribution >= 0.6 is 16.1 Å². The van der Waals surface area contributed by atoms with E-state index in [1.807, 2.05) is 0 Å².